The molecule has 4 rings (SSSR count). The van der Waals surface area contributed by atoms with E-state index < -0.39 is 0 Å². The maximum Gasteiger partial charge on any atom is 0.294 e. The Morgan fingerprint density at radius 3 is 2.87 bits per heavy atom. The topological polar surface area (TPSA) is 65.4 Å². The van der Waals surface area contributed by atoms with Crippen molar-refractivity contribution in [3.63, 3.8) is 0 Å². The highest BCUT2D eigenvalue weighted by atomic mass is 19.1. The summed E-state index contributed by atoms with van der Waals surface area (Å²) in [5.41, 5.74) is 0.715. The number of hydrogen-bond acceptors (Lipinski definition) is 5. The van der Waals surface area contributed by atoms with E-state index in [-0.39, 0.29) is 17.0 Å². The van der Waals surface area contributed by atoms with Gasteiger partial charge in [-0.25, -0.2) is 9.37 Å². The van der Waals surface area contributed by atoms with Gasteiger partial charge in [0.1, 0.15) is 22.7 Å². The summed E-state index contributed by atoms with van der Waals surface area (Å²) < 4.78 is 19.0. The molecule has 0 saturated carbocycles. The number of nitrogens with one attached hydrogen (secondary N) is 1. The van der Waals surface area contributed by atoms with Crippen LogP contribution >= 0.6 is 0 Å². The zero-order chi connectivity index (χ0) is 16.0. The lowest BCUT2D eigenvalue weighted by Gasteiger charge is -2.31. The van der Waals surface area contributed by atoms with Gasteiger partial charge in [-0.05, 0) is 25.2 Å². The first kappa shape index (κ1) is 14.3. The van der Waals surface area contributed by atoms with E-state index in [1.807, 2.05) is 0 Å². The first-order valence-corrected chi connectivity index (χ1v) is 7.62. The predicted octanol–water partition coefficient (Wildman–Crippen LogP) is 1.56. The highest BCUT2D eigenvalue weighted by Crippen LogP contribution is 2.25. The van der Waals surface area contributed by atoms with E-state index in [9.17, 15) is 9.18 Å². The number of H-pyrrole nitrogens is 1. The smallest absolute Gasteiger partial charge is 0.294 e. The van der Waals surface area contributed by atoms with E-state index in [1.165, 1.54) is 18.2 Å². The Morgan fingerprint density at radius 1 is 1.30 bits per heavy atom. The van der Waals surface area contributed by atoms with Crippen LogP contribution in [0.15, 0.2) is 27.4 Å². The van der Waals surface area contributed by atoms with Crippen LogP contribution in [-0.4, -0.2) is 53.0 Å². The molecule has 6 nitrogen and oxygen atoms in total. The minimum Gasteiger partial charge on any atom is -0.449 e. The van der Waals surface area contributed by atoms with E-state index in [2.05, 4.69) is 26.8 Å². The van der Waals surface area contributed by atoms with E-state index in [0.29, 0.717) is 28.9 Å². The molecule has 0 unspecified atom stereocenters. The van der Waals surface area contributed by atoms with Gasteiger partial charge >= 0.3 is 0 Å². The Bertz CT molecular complexity index is 925. The number of hydrogen-bond donors (Lipinski definition) is 1. The average molecular weight is 316 g/mol. The Hall–Kier alpha value is -2.25. The van der Waals surface area contributed by atoms with Gasteiger partial charge in [-0.1, -0.05) is 0 Å². The van der Waals surface area contributed by atoms with Crippen LogP contribution in [0.4, 0.5) is 4.39 Å². The standard InChI is InChI=1S/C16H17FN4O2/c1-20-4-6-21(7-5-20)9-13-18-14-11-8-10(17)2-3-12(11)23-15(14)16(22)19-13/h2-3,8H,4-7,9H2,1H3,(H,18,19,22). The SMILES string of the molecule is CN1CCN(Cc2nc3c(oc4ccc(F)cc43)c(=O)[nH]2)CC1. The van der Waals surface area contributed by atoms with Gasteiger partial charge in [-0.3, -0.25) is 9.69 Å². The molecule has 1 saturated heterocycles. The number of nitrogens with zero attached hydrogens (tertiary/aromatic N) is 3. The fraction of sp³-hybridized carbons (Fsp3) is 0.375. The molecule has 3 heterocycles. The van der Waals surface area contributed by atoms with Crippen LogP contribution in [0.25, 0.3) is 22.1 Å². The van der Waals surface area contributed by atoms with Crippen molar-refractivity contribution in [2.45, 2.75) is 6.54 Å². The van der Waals surface area contributed by atoms with Crippen LogP contribution in [0, 0.1) is 5.82 Å². The van der Waals surface area contributed by atoms with Gasteiger partial charge in [0.2, 0.25) is 5.58 Å². The second-order valence-corrected chi connectivity index (χ2v) is 6.01. The lowest BCUT2D eigenvalue weighted by atomic mass is 10.2. The van der Waals surface area contributed by atoms with Crippen molar-refractivity contribution in [1.82, 2.24) is 19.8 Å². The predicted molar refractivity (Wildman–Crippen MR) is 84.9 cm³/mol. The summed E-state index contributed by atoms with van der Waals surface area (Å²) in [5, 5.41) is 0.533. The van der Waals surface area contributed by atoms with Gasteiger partial charge < -0.3 is 14.3 Å². The quantitative estimate of drug-likeness (QED) is 0.777. The highest BCUT2D eigenvalue weighted by Gasteiger charge is 2.18. The number of fused-ring (bicyclic) bond motifs is 3. The van der Waals surface area contributed by atoms with E-state index in [1.54, 1.807) is 0 Å². The molecule has 23 heavy (non-hydrogen) atoms. The third-order valence-corrected chi connectivity index (χ3v) is 4.30. The maximum atomic E-state index is 13.5. The number of aromatic nitrogens is 2. The molecule has 0 spiro atoms. The molecule has 7 heteroatoms. The van der Waals surface area contributed by atoms with E-state index in [0.717, 1.165) is 26.2 Å². The highest BCUT2D eigenvalue weighted by molar-refractivity contribution is 6.01. The summed E-state index contributed by atoms with van der Waals surface area (Å²) in [5.74, 6) is 0.210. The number of likely N-dealkylation sites (N-methyl/N-ethyl adjacent to an activating group) is 1. The second-order valence-electron chi connectivity index (χ2n) is 6.01. The zero-order valence-electron chi connectivity index (χ0n) is 12.8. The molecule has 0 amide bonds. The molecule has 1 N–H and O–H groups in total. The molecular weight excluding hydrogens is 299 g/mol. The van der Waals surface area contributed by atoms with Crippen molar-refractivity contribution in [1.29, 1.82) is 0 Å². The number of aromatic amines is 1. The molecule has 120 valence electrons. The molecule has 0 radical (unpaired) electrons. The number of piperazine rings is 1. The molecule has 0 bridgehead atoms. The Kier molecular flexibility index (Phi) is 3.39. The molecular formula is C16H17FN4O2. The van der Waals surface area contributed by atoms with Crippen molar-refractivity contribution in [3.05, 3.63) is 40.2 Å². The summed E-state index contributed by atoms with van der Waals surface area (Å²) in [7, 11) is 2.09. The molecule has 3 aromatic rings. The average Bonchev–Trinajstić information content (AvgIpc) is 2.88. The van der Waals surface area contributed by atoms with Crippen LogP contribution in [0.1, 0.15) is 5.82 Å². The number of rotatable bonds is 2. The minimum atomic E-state index is -0.372. The molecule has 1 aliphatic heterocycles. The van der Waals surface area contributed by atoms with Crippen molar-refractivity contribution < 1.29 is 8.81 Å². The fourth-order valence-electron chi connectivity index (χ4n) is 2.97. The molecule has 1 aromatic carbocycles. The summed E-state index contributed by atoms with van der Waals surface area (Å²) in [6.07, 6.45) is 0. The fourth-order valence-corrected chi connectivity index (χ4v) is 2.97. The van der Waals surface area contributed by atoms with E-state index in [4.69, 9.17) is 4.42 Å². The molecule has 1 aliphatic rings. The summed E-state index contributed by atoms with van der Waals surface area (Å²) >= 11 is 0. The van der Waals surface area contributed by atoms with Crippen molar-refractivity contribution in [2.24, 2.45) is 0 Å². The summed E-state index contributed by atoms with van der Waals surface area (Å²) in [6, 6.07) is 4.18. The Morgan fingerprint density at radius 2 is 2.09 bits per heavy atom. The molecule has 2 aromatic heterocycles. The van der Waals surface area contributed by atoms with Crippen molar-refractivity contribution >= 4 is 22.1 Å². The summed E-state index contributed by atoms with van der Waals surface area (Å²) in [6.45, 7) is 4.41. The number of furan rings is 1. The lowest BCUT2D eigenvalue weighted by Crippen LogP contribution is -2.44. The molecule has 0 atom stereocenters. The van der Waals surface area contributed by atoms with E-state index >= 15 is 0 Å². The van der Waals surface area contributed by atoms with Crippen molar-refractivity contribution in [2.75, 3.05) is 33.2 Å². The molecule has 1 fully saturated rings. The van der Waals surface area contributed by atoms with Gasteiger partial charge in [-0.2, -0.15) is 0 Å². The second kappa shape index (κ2) is 5.43. The van der Waals surface area contributed by atoms with Crippen LogP contribution in [0.5, 0.6) is 0 Å². The van der Waals surface area contributed by atoms with Gasteiger partial charge in [-0.15, -0.1) is 0 Å². The monoisotopic (exact) mass is 316 g/mol. The lowest BCUT2D eigenvalue weighted by molar-refractivity contribution is 0.145. The summed E-state index contributed by atoms with van der Waals surface area (Å²) in [4.78, 5) is 24.0. The van der Waals surface area contributed by atoms with Gasteiger partial charge in [0.25, 0.3) is 5.56 Å². The van der Waals surface area contributed by atoms with Gasteiger partial charge in [0.05, 0.1) is 6.54 Å². The van der Waals surface area contributed by atoms with Crippen LogP contribution in [0.3, 0.4) is 0 Å². The normalized spacial score (nSPS) is 17.3. The van der Waals surface area contributed by atoms with Crippen LogP contribution in [0.2, 0.25) is 0 Å². The zero-order valence-corrected chi connectivity index (χ0v) is 12.8. The minimum absolute atomic E-state index is 0.146. The molecule has 0 aliphatic carbocycles. The Balaban J connectivity index is 1.75. The van der Waals surface area contributed by atoms with Crippen LogP contribution in [-0.2, 0) is 6.54 Å². The third kappa shape index (κ3) is 2.62. The largest absolute Gasteiger partial charge is 0.449 e. The number of halogens is 1. The van der Waals surface area contributed by atoms with Crippen molar-refractivity contribution in [3.8, 4) is 0 Å². The first-order valence-electron chi connectivity index (χ1n) is 7.62. The van der Waals surface area contributed by atoms with Crippen LogP contribution < -0.4 is 5.56 Å². The van der Waals surface area contributed by atoms with Gasteiger partial charge in [0, 0.05) is 31.6 Å². The maximum absolute atomic E-state index is 13.5. The third-order valence-electron chi connectivity index (χ3n) is 4.30. The van der Waals surface area contributed by atoms with Gasteiger partial charge in [0.15, 0.2) is 0 Å². The Labute approximate surface area is 131 Å². The first-order chi connectivity index (χ1) is 11.1. The number of benzene rings is 1.